The second-order valence-electron chi connectivity index (χ2n) is 9.34. The van der Waals surface area contributed by atoms with Crippen LogP contribution in [0.4, 0.5) is 17.2 Å². The van der Waals surface area contributed by atoms with Gasteiger partial charge in [-0.3, -0.25) is 4.79 Å². The molecule has 170 valence electrons. The number of nitrogens with zero attached hydrogens (tertiary/aromatic N) is 2. The van der Waals surface area contributed by atoms with Gasteiger partial charge in [-0.2, -0.15) is 0 Å². The average Bonchev–Trinajstić information content (AvgIpc) is 3.09. The summed E-state index contributed by atoms with van der Waals surface area (Å²) in [6.45, 7) is 12.9. The van der Waals surface area contributed by atoms with Crippen LogP contribution in [0.5, 0.6) is 0 Å². The number of hydrogen-bond donors (Lipinski definition) is 3. The average molecular weight is 426 g/mol. The third kappa shape index (κ3) is 6.03. The number of nitrogens with one attached hydrogen (secondary N) is 3. The fourth-order valence-electron chi connectivity index (χ4n) is 4.23. The van der Waals surface area contributed by atoms with Gasteiger partial charge in [-0.25, -0.2) is 0 Å². The number of amides is 1. The van der Waals surface area contributed by atoms with E-state index in [2.05, 4.69) is 59.3 Å². The van der Waals surface area contributed by atoms with Crippen molar-refractivity contribution in [2.24, 2.45) is 11.8 Å². The molecule has 1 amide bonds. The SMILES string of the molecule is CNC(=O)c1c(NCC(C)C)cn(CC2CCN(C(C)C)CC2)c1Nc1ccccc1. The van der Waals surface area contributed by atoms with E-state index in [4.69, 9.17) is 0 Å². The maximum absolute atomic E-state index is 12.9. The summed E-state index contributed by atoms with van der Waals surface area (Å²) in [4.78, 5) is 15.5. The molecule has 0 spiro atoms. The topological polar surface area (TPSA) is 61.3 Å². The molecule has 0 unspecified atom stereocenters. The highest BCUT2D eigenvalue weighted by molar-refractivity contribution is 6.05. The van der Waals surface area contributed by atoms with Crippen molar-refractivity contribution in [3.8, 4) is 0 Å². The van der Waals surface area contributed by atoms with Crippen molar-refractivity contribution in [2.75, 3.05) is 37.3 Å². The smallest absolute Gasteiger partial charge is 0.256 e. The number of hydrogen-bond acceptors (Lipinski definition) is 4. The number of para-hydroxylation sites is 1. The van der Waals surface area contributed by atoms with Crippen LogP contribution in [0.3, 0.4) is 0 Å². The molecule has 1 saturated heterocycles. The molecule has 1 aliphatic heterocycles. The van der Waals surface area contributed by atoms with Crippen LogP contribution in [-0.4, -0.2) is 48.1 Å². The summed E-state index contributed by atoms with van der Waals surface area (Å²) in [5, 5.41) is 9.87. The molecule has 0 saturated carbocycles. The Bertz CT molecular complexity index is 835. The lowest BCUT2D eigenvalue weighted by atomic mass is 9.96. The zero-order valence-electron chi connectivity index (χ0n) is 19.7. The number of likely N-dealkylation sites (tertiary alicyclic amines) is 1. The molecular formula is C25H39N5O. The molecule has 0 radical (unpaired) electrons. The number of piperidine rings is 1. The minimum absolute atomic E-state index is 0.0712. The Morgan fingerprint density at radius 3 is 2.35 bits per heavy atom. The summed E-state index contributed by atoms with van der Waals surface area (Å²) in [7, 11) is 1.69. The van der Waals surface area contributed by atoms with Gasteiger partial charge >= 0.3 is 0 Å². The molecule has 1 fully saturated rings. The van der Waals surface area contributed by atoms with Crippen LogP contribution in [0.1, 0.15) is 50.9 Å². The van der Waals surface area contributed by atoms with Crippen molar-refractivity contribution in [3.63, 3.8) is 0 Å². The maximum Gasteiger partial charge on any atom is 0.256 e. The standard InChI is InChI=1S/C25H39N5O/c1-18(2)15-27-22-17-30(16-20-11-13-29(14-12-20)19(3)4)24(23(22)25(31)26-5)28-21-9-7-6-8-10-21/h6-10,17-20,27-28H,11-16H2,1-5H3,(H,26,31). The van der Waals surface area contributed by atoms with Gasteiger partial charge in [0.25, 0.3) is 5.91 Å². The van der Waals surface area contributed by atoms with Crippen molar-refractivity contribution in [1.82, 2.24) is 14.8 Å². The van der Waals surface area contributed by atoms with Crippen molar-refractivity contribution >= 4 is 23.1 Å². The summed E-state index contributed by atoms with van der Waals surface area (Å²) < 4.78 is 2.25. The number of rotatable bonds is 9. The van der Waals surface area contributed by atoms with Crippen LogP contribution < -0.4 is 16.0 Å². The normalized spacial score (nSPS) is 15.5. The van der Waals surface area contributed by atoms with Crippen LogP contribution in [0.15, 0.2) is 36.5 Å². The summed E-state index contributed by atoms with van der Waals surface area (Å²) in [5.74, 6) is 1.89. The first kappa shape index (κ1) is 23.2. The van der Waals surface area contributed by atoms with Crippen LogP contribution >= 0.6 is 0 Å². The van der Waals surface area contributed by atoms with Gasteiger partial charge in [-0.1, -0.05) is 32.0 Å². The van der Waals surface area contributed by atoms with E-state index in [0.717, 1.165) is 43.4 Å². The highest BCUT2D eigenvalue weighted by Gasteiger charge is 2.26. The monoisotopic (exact) mass is 425 g/mol. The van der Waals surface area contributed by atoms with E-state index < -0.39 is 0 Å². The molecule has 0 aliphatic carbocycles. The quantitative estimate of drug-likeness (QED) is 0.541. The number of benzene rings is 1. The molecule has 1 aliphatic rings. The molecule has 31 heavy (non-hydrogen) atoms. The lowest BCUT2D eigenvalue weighted by Gasteiger charge is -2.35. The minimum Gasteiger partial charge on any atom is -0.383 e. The number of carbonyl (C=O) groups excluding carboxylic acids is 1. The van der Waals surface area contributed by atoms with Gasteiger partial charge in [-0.05, 0) is 63.7 Å². The van der Waals surface area contributed by atoms with E-state index in [9.17, 15) is 4.79 Å². The van der Waals surface area contributed by atoms with Crippen molar-refractivity contribution in [3.05, 3.63) is 42.1 Å². The number of anilines is 3. The Kier molecular flexibility index (Phi) is 8.02. The third-order valence-electron chi connectivity index (χ3n) is 6.10. The van der Waals surface area contributed by atoms with Crippen LogP contribution in [0.2, 0.25) is 0 Å². The van der Waals surface area contributed by atoms with E-state index in [1.54, 1.807) is 7.05 Å². The largest absolute Gasteiger partial charge is 0.383 e. The van der Waals surface area contributed by atoms with Gasteiger partial charge in [-0.15, -0.1) is 0 Å². The summed E-state index contributed by atoms with van der Waals surface area (Å²) in [6, 6.07) is 10.7. The first-order valence-electron chi connectivity index (χ1n) is 11.6. The lowest BCUT2D eigenvalue weighted by Crippen LogP contribution is -2.39. The van der Waals surface area contributed by atoms with Crippen LogP contribution in [-0.2, 0) is 6.54 Å². The van der Waals surface area contributed by atoms with Gasteiger partial charge < -0.3 is 25.4 Å². The Morgan fingerprint density at radius 1 is 1.10 bits per heavy atom. The van der Waals surface area contributed by atoms with Crippen LogP contribution in [0.25, 0.3) is 0 Å². The summed E-state index contributed by atoms with van der Waals surface area (Å²) in [5.41, 5.74) is 2.56. The Morgan fingerprint density at radius 2 is 1.77 bits per heavy atom. The second-order valence-corrected chi connectivity index (χ2v) is 9.34. The first-order valence-corrected chi connectivity index (χ1v) is 11.6. The highest BCUT2D eigenvalue weighted by atomic mass is 16.1. The molecule has 1 aromatic carbocycles. The maximum atomic E-state index is 12.9. The van der Waals surface area contributed by atoms with Crippen LogP contribution in [0, 0.1) is 11.8 Å². The number of aromatic nitrogens is 1. The third-order valence-corrected chi connectivity index (χ3v) is 6.10. The molecule has 3 rings (SSSR count). The molecule has 2 heterocycles. The van der Waals surface area contributed by atoms with Gasteiger partial charge in [0.2, 0.25) is 0 Å². The predicted octanol–water partition coefficient (Wildman–Crippen LogP) is 4.78. The zero-order chi connectivity index (χ0) is 22.4. The molecule has 3 N–H and O–H groups in total. The zero-order valence-corrected chi connectivity index (χ0v) is 19.7. The van der Waals surface area contributed by atoms with Gasteiger partial charge in [0.15, 0.2) is 0 Å². The lowest BCUT2D eigenvalue weighted by molar-refractivity contribution is 0.0964. The fourth-order valence-corrected chi connectivity index (χ4v) is 4.23. The van der Waals surface area contributed by atoms with E-state index in [1.807, 2.05) is 30.3 Å². The van der Waals surface area contributed by atoms with Gasteiger partial charge in [0.05, 0.1) is 5.69 Å². The second kappa shape index (κ2) is 10.7. The Hall–Kier alpha value is -2.47. The van der Waals surface area contributed by atoms with E-state index in [-0.39, 0.29) is 5.91 Å². The molecule has 0 bridgehead atoms. The van der Waals surface area contributed by atoms with Crippen molar-refractivity contribution in [1.29, 1.82) is 0 Å². The molecular weight excluding hydrogens is 386 g/mol. The highest BCUT2D eigenvalue weighted by Crippen LogP contribution is 2.32. The Labute approximate surface area is 187 Å². The van der Waals surface area contributed by atoms with E-state index in [0.29, 0.717) is 23.4 Å². The van der Waals surface area contributed by atoms with Gasteiger partial charge in [0, 0.05) is 38.1 Å². The summed E-state index contributed by atoms with van der Waals surface area (Å²) >= 11 is 0. The minimum atomic E-state index is -0.0712. The first-order chi connectivity index (χ1) is 14.9. The molecule has 0 atom stereocenters. The molecule has 6 heteroatoms. The summed E-state index contributed by atoms with van der Waals surface area (Å²) in [6.07, 6.45) is 4.49. The van der Waals surface area contributed by atoms with E-state index >= 15 is 0 Å². The molecule has 2 aromatic rings. The van der Waals surface area contributed by atoms with Crippen molar-refractivity contribution < 1.29 is 4.79 Å². The predicted molar refractivity (Wildman–Crippen MR) is 130 cm³/mol. The van der Waals surface area contributed by atoms with E-state index in [1.165, 1.54) is 12.8 Å². The number of carbonyl (C=O) groups is 1. The Balaban J connectivity index is 1.90. The van der Waals surface area contributed by atoms with Crippen molar-refractivity contribution in [2.45, 2.75) is 53.1 Å². The molecule has 6 nitrogen and oxygen atoms in total. The fraction of sp³-hybridized carbons (Fsp3) is 0.560. The van der Waals surface area contributed by atoms with Gasteiger partial charge in [0.1, 0.15) is 11.4 Å². The molecule has 1 aromatic heterocycles.